The number of rotatable bonds is 5. The summed E-state index contributed by atoms with van der Waals surface area (Å²) in [4.78, 5) is 14.9. The van der Waals surface area contributed by atoms with Crippen LogP contribution in [-0.2, 0) is 0 Å². The van der Waals surface area contributed by atoms with E-state index in [0.29, 0.717) is 0 Å². The molecular formula is C46H29N3S2. The van der Waals surface area contributed by atoms with Crippen LogP contribution < -0.4 is 0 Å². The molecule has 4 aromatic heterocycles. The second kappa shape index (κ2) is 12.1. The van der Waals surface area contributed by atoms with Crippen LogP contribution in [0, 0.1) is 6.92 Å². The molecule has 0 bridgehead atoms. The SMILES string of the molecule is Cc1c(-c2ccccc2)nc(-c2ccccc2)nc1-c1ccc(-c2cncc3sc4ccc(-c5cccc6c5sc5ccccc56)cc4c23)cc1. The Kier molecular flexibility index (Phi) is 7.08. The van der Waals surface area contributed by atoms with Crippen molar-refractivity contribution in [2.24, 2.45) is 0 Å². The summed E-state index contributed by atoms with van der Waals surface area (Å²) in [6.07, 6.45) is 4.02. The molecule has 0 amide bonds. The zero-order chi connectivity index (χ0) is 33.9. The lowest BCUT2D eigenvalue weighted by Gasteiger charge is -2.14. The predicted octanol–water partition coefficient (Wildman–Crippen LogP) is 13.3. The van der Waals surface area contributed by atoms with Crippen LogP contribution in [-0.4, -0.2) is 15.0 Å². The van der Waals surface area contributed by atoms with Crippen LogP contribution >= 0.6 is 22.7 Å². The number of aromatic nitrogens is 3. The van der Waals surface area contributed by atoms with Gasteiger partial charge >= 0.3 is 0 Å². The summed E-state index contributed by atoms with van der Waals surface area (Å²) in [5, 5.41) is 5.15. The molecule has 5 heteroatoms. The molecule has 0 saturated heterocycles. The van der Waals surface area contributed by atoms with Crippen LogP contribution in [0.3, 0.4) is 0 Å². The van der Waals surface area contributed by atoms with Crippen molar-refractivity contribution in [3.05, 3.63) is 164 Å². The van der Waals surface area contributed by atoms with E-state index >= 15 is 0 Å². The van der Waals surface area contributed by atoms with Gasteiger partial charge in [-0.1, -0.05) is 127 Å². The maximum absolute atomic E-state index is 5.14. The van der Waals surface area contributed by atoms with Gasteiger partial charge in [-0.3, -0.25) is 4.98 Å². The van der Waals surface area contributed by atoms with Crippen molar-refractivity contribution in [2.45, 2.75) is 6.92 Å². The molecule has 3 nitrogen and oxygen atoms in total. The Morgan fingerprint density at radius 1 is 0.431 bits per heavy atom. The maximum Gasteiger partial charge on any atom is 0.160 e. The molecule has 0 N–H and O–H groups in total. The van der Waals surface area contributed by atoms with E-state index in [4.69, 9.17) is 15.0 Å². The number of thiophene rings is 2. The minimum atomic E-state index is 0.722. The summed E-state index contributed by atoms with van der Waals surface area (Å²) in [5.41, 5.74) is 10.9. The molecule has 0 atom stereocenters. The van der Waals surface area contributed by atoms with E-state index in [0.717, 1.165) is 50.6 Å². The summed E-state index contributed by atoms with van der Waals surface area (Å²) < 4.78 is 5.11. The summed E-state index contributed by atoms with van der Waals surface area (Å²) in [6.45, 7) is 2.12. The molecule has 0 fully saturated rings. The Balaban J connectivity index is 1.09. The number of nitrogens with zero attached hydrogens (tertiary/aromatic N) is 3. The molecule has 0 radical (unpaired) electrons. The summed E-state index contributed by atoms with van der Waals surface area (Å²) >= 11 is 3.68. The van der Waals surface area contributed by atoms with Crippen LogP contribution in [0.5, 0.6) is 0 Å². The van der Waals surface area contributed by atoms with Gasteiger partial charge in [0.2, 0.25) is 0 Å². The average Bonchev–Trinajstić information content (AvgIpc) is 3.77. The Morgan fingerprint density at radius 3 is 1.84 bits per heavy atom. The fraction of sp³-hybridized carbons (Fsp3) is 0.0217. The third-order valence-electron chi connectivity index (χ3n) is 9.79. The minimum absolute atomic E-state index is 0.722. The zero-order valence-corrected chi connectivity index (χ0v) is 29.3. The van der Waals surface area contributed by atoms with E-state index < -0.39 is 0 Å². The first-order chi connectivity index (χ1) is 25.2. The number of fused-ring (bicyclic) bond motifs is 6. The highest BCUT2D eigenvalue weighted by Gasteiger charge is 2.18. The molecule has 10 rings (SSSR count). The molecule has 0 aliphatic heterocycles. The highest BCUT2D eigenvalue weighted by Crippen LogP contribution is 2.44. The van der Waals surface area contributed by atoms with E-state index in [9.17, 15) is 0 Å². The molecule has 51 heavy (non-hydrogen) atoms. The Hall–Kier alpha value is -6.01. The molecule has 240 valence electrons. The second-order valence-corrected chi connectivity index (χ2v) is 15.0. The van der Waals surface area contributed by atoms with Gasteiger partial charge < -0.3 is 0 Å². The molecule has 0 aliphatic rings. The zero-order valence-electron chi connectivity index (χ0n) is 27.7. The molecule has 10 aromatic rings. The molecule has 0 aliphatic carbocycles. The van der Waals surface area contributed by atoms with Gasteiger partial charge in [0.1, 0.15) is 0 Å². The number of hydrogen-bond donors (Lipinski definition) is 0. The lowest BCUT2D eigenvalue weighted by atomic mass is 9.96. The quantitative estimate of drug-likeness (QED) is 0.181. The number of hydrogen-bond acceptors (Lipinski definition) is 5. The number of pyridine rings is 1. The van der Waals surface area contributed by atoms with Crippen LogP contribution in [0.15, 0.2) is 158 Å². The molecular weight excluding hydrogens is 659 g/mol. The lowest BCUT2D eigenvalue weighted by Crippen LogP contribution is -2.00. The van der Waals surface area contributed by atoms with Crippen molar-refractivity contribution < 1.29 is 0 Å². The normalized spacial score (nSPS) is 11.6. The molecule has 6 aromatic carbocycles. The van der Waals surface area contributed by atoms with Crippen molar-refractivity contribution in [1.29, 1.82) is 0 Å². The van der Waals surface area contributed by atoms with E-state index in [-0.39, 0.29) is 0 Å². The Labute approximate surface area is 303 Å². The number of benzene rings is 6. The first-order valence-electron chi connectivity index (χ1n) is 17.0. The van der Waals surface area contributed by atoms with Gasteiger partial charge in [-0.05, 0) is 41.8 Å². The molecule has 0 saturated carbocycles. The average molecular weight is 688 g/mol. The summed E-state index contributed by atoms with van der Waals surface area (Å²) in [5.74, 6) is 0.722. The van der Waals surface area contributed by atoms with E-state index in [2.05, 4.69) is 128 Å². The fourth-order valence-corrected chi connectivity index (χ4v) is 9.61. The predicted molar refractivity (Wildman–Crippen MR) is 218 cm³/mol. The lowest BCUT2D eigenvalue weighted by molar-refractivity contribution is 1.15. The van der Waals surface area contributed by atoms with Crippen molar-refractivity contribution in [2.75, 3.05) is 0 Å². The maximum atomic E-state index is 5.14. The van der Waals surface area contributed by atoms with Gasteiger partial charge in [0.05, 0.1) is 16.1 Å². The van der Waals surface area contributed by atoms with Gasteiger partial charge in [-0.25, -0.2) is 9.97 Å². The second-order valence-electron chi connectivity index (χ2n) is 12.8. The third-order valence-corrected chi connectivity index (χ3v) is 12.1. The van der Waals surface area contributed by atoms with Gasteiger partial charge in [-0.15, -0.1) is 22.7 Å². The Bertz CT molecular complexity index is 2910. The smallest absolute Gasteiger partial charge is 0.160 e. The first kappa shape index (κ1) is 29.9. The topological polar surface area (TPSA) is 38.7 Å². The van der Waals surface area contributed by atoms with E-state index in [1.54, 1.807) is 11.3 Å². The van der Waals surface area contributed by atoms with Crippen LogP contribution in [0.25, 0.3) is 96.5 Å². The minimum Gasteiger partial charge on any atom is -0.263 e. The van der Waals surface area contributed by atoms with Crippen molar-refractivity contribution in [3.8, 4) is 56.2 Å². The van der Waals surface area contributed by atoms with Gasteiger partial charge in [0.25, 0.3) is 0 Å². The third kappa shape index (κ3) is 5.05. The summed E-state index contributed by atoms with van der Waals surface area (Å²) in [6, 6.07) is 51.8. The van der Waals surface area contributed by atoms with Crippen molar-refractivity contribution in [1.82, 2.24) is 15.0 Å². The van der Waals surface area contributed by atoms with Crippen LogP contribution in [0.4, 0.5) is 0 Å². The monoisotopic (exact) mass is 687 g/mol. The van der Waals surface area contributed by atoms with Crippen molar-refractivity contribution >= 4 is 63.0 Å². The standard InChI is InChI=1S/C46H29N3S2/c1-28-43(30-11-4-2-5-12-30)48-46(32-13-6-3-7-14-32)49-44(28)31-21-19-29(20-22-31)38-26-47-27-41-42(38)37-25-33(23-24-40(37)50-41)34-16-10-17-36-35-15-8-9-18-39(35)51-45(34)36/h2-27H,1H3. The van der Waals surface area contributed by atoms with Gasteiger partial charge in [-0.2, -0.15) is 0 Å². The van der Waals surface area contributed by atoms with Crippen LogP contribution in [0.2, 0.25) is 0 Å². The summed E-state index contributed by atoms with van der Waals surface area (Å²) in [7, 11) is 0. The Morgan fingerprint density at radius 2 is 1.06 bits per heavy atom. The highest BCUT2D eigenvalue weighted by molar-refractivity contribution is 7.26. The highest BCUT2D eigenvalue weighted by atomic mass is 32.1. The largest absolute Gasteiger partial charge is 0.263 e. The van der Waals surface area contributed by atoms with Gasteiger partial charge in [0.15, 0.2) is 5.82 Å². The van der Waals surface area contributed by atoms with E-state index in [1.807, 2.05) is 48.0 Å². The molecule has 4 heterocycles. The fourth-order valence-electron chi connectivity index (χ4n) is 7.29. The van der Waals surface area contributed by atoms with Gasteiger partial charge in [0, 0.05) is 75.9 Å². The van der Waals surface area contributed by atoms with E-state index in [1.165, 1.54) is 51.5 Å². The molecule has 0 spiro atoms. The van der Waals surface area contributed by atoms with Crippen LogP contribution in [0.1, 0.15) is 5.56 Å². The van der Waals surface area contributed by atoms with Crippen molar-refractivity contribution in [3.63, 3.8) is 0 Å². The molecule has 0 unspecified atom stereocenters. The first-order valence-corrected chi connectivity index (χ1v) is 18.6.